The predicted molar refractivity (Wildman–Crippen MR) is 76.7 cm³/mol. The van der Waals surface area contributed by atoms with E-state index in [1.54, 1.807) is 0 Å². The molecule has 18 heavy (non-hydrogen) atoms. The summed E-state index contributed by atoms with van der Waals surface area (Å²) in [5, 5.41) is 1.26. The summed E-state index contributed by atoms with van der Waals surface area (Å²) >= 11 is 0. The third kappa shape index (κ3) is 2.45. The molecule has 0 N–H and O–H groups in total. The van der Waals surface area contributed by atoms with E-state index in [-0.39, 0.29) is 0 Å². The number of allylic oxidation sites excluding steroid dienone is 2. The lowest BCUT2D eigenvalue weighted by Crippen LogP contribution is -2.00. The zero-order valence-electron chi connectivity index (χ0n) is 10.7. The van der Waals surface area contributed by atoms with Gasteiger partial charge in [-0.1, -0.05) is 36.8 Å². The molecule has 2 aromatic rings. The summed E-state index contributed by atoms with van der Waals surface area (Å²) in [5.41, 5.74) is 2.50. The van der Waals surface area contributed by atoms with Crippen molar-refractivity contribution in [3.8, 4) is 0 Å². The van der Waals surface area contributed by atoms with E-state index >= 15 is 0 Å². The molecule has 0 radical (unpaired) electrons. The summed E-state index contributed by atoms with van der Waals surface area (Å²) in [6.07, 6.45) is 13.1. The number of fused-ring (bicyclic) bond motifs is 1. The molecule has 3 rings (SSSR count). The Kier molecular flexibility index (Phi) is 3.40. The Morgan fingerprint density at radius 2 is 2.00 bits per heavy atom. The third-order valence-corrected chi connectivity index (χ3v) is 3.84. The van der Waals surface area contributed by atoms with Crippen molar-refractivity contribution in [1.29, 1.82) is 0 Å². The first-order valence-corrected chi connectivity index (χ1v) is 6.93. The van der Waals surface area contributed by atoms with Crippen LogP contribution in [0.3, 0.4) is 0 Å². The zero-order valence-corrected chi connectivity index (χ0v) is 10.7. The fraction of sp³-hybridized carbons (Fsp3) is 0.353. The van der Waals surface area contributed by atoms with Crippen LogP contribution in [0.2, 0.25) is 0 Å². The van der Waals surface area contributed by atoms with Crippen LogP contribution in [0.15, 0.2) is 48.7 Å². The van der Waals surface area contributed by atoms with E-state index in [0.717, 1.165) is 5.52 Å². The second-order valence-corrected chi connectivity index (χ2v) is 5.15. The van der Waals surface area contributed by atoms with E-state index in [1.807, 2.05) is 6.07 Å². The van der Waals surface area contributed by atoms with Gasteiger partial charge in [0.25, 0.3) is 0 Å². The molecule has 0 saturated heterocycles. The van der Waals surface area contributed by atoms with Crippen LogP contribution in [0.5, 0.6) is 0 Å². The average Bonchev–Trinajstić information content (AvgIpc) is 2.38. The summed E-state index contributed by atoms with van der Waals surface area (Å²) in [6.45, 7) is 0. The molecule has 1 aromatic heterocycles. The van der Waals surface area contributed by atoms with Crippen molar-refractivity contribution in [2.24, 2.45) is 0 Å². The van der Waals surface area contributed by atoms with Gasteiger partial charge in [-0.15, -0.1) is 0 Å². The number of benzene rings is 1. The lowest BCUT2D eigenvalue weighted by molar-refractivity contribution is 0.565. The van der Waals surface area contributed by atoms with E-state index in [0.29, 0.717) is 5.92 Å². The Morgan fingerprint density at radius 3 is 3.00 bits per heavy atom. The quantitative estimate of drug-likeness (QED) is 0.647. The minimum atomic E-state index is 0.652. The van der Waals surface area contributed by atoms with Gasteiger partial charge in [0.2, 0.25) is 0 Å². The minimum absolute atomic E-state index is 0.652. The molecule has 0 aliphatic heterocycles. The van der Waals surface area contributed by atoms with Gasteiger partial charge in [0.05, 0.1) is 5.52 Å². The predicted octanol–water partition coefficient (Wildman–Crippen LogP) is 4.84. The van der Waals surface area contributed by atoms with Crippen LogP contribution in [0.4, 0.5) is 0 Å². The van der Waals surface area contributed by atoms with Crippen molar-refractivity contribution in [2.45, 2.75) is 38.0 Å². The molecule has 1 nitrogen and oxygen atoms in total. The Balaban J connectivity index is 1.92. The molecular weight excluding hydrogens is 218 g/mol. The molecule has 0 fully saturated rings. The van der Waals surface area contributed by atoms with Gasteiger partial charge in [-0.3, -0.25) is 4.98 Å². The van der Waals surface area contributed by atoms with Gasteiger partial charge in [-0.25, -0.2) is 0 Å². The van der Waals surface area contributed by atoms with Gasteiger partial charge in [-0.2, -0.15) is 0 Å². The van der Waals surface area contributed by atoms with Crippen LogP contribution in [0.25, 0.3) is 10.9 Å². The number of hydrogen-bond donors (Lipinski definition) is 0. The number of hydrogen-bond acceptors (Lipinski definition) is 1. The van der Waals surface area contributed by atoms with Gasteiger partial charge < -0.3 is 0 Å². The lowest BCUT2D eigenvalue weighted by atomic mass is 9.89. The highest BCUT2D eigenvalue weighted by Gasteiger charge is 2.12. The molecule has 1 heterocycles. The van der Waals surface area contributed by atoms with Gasteiger partial charge in [0, 0.05) is 11.6 Å². The Hall–Kier alpha value is -1.63. The van der Waals surface area contributed by atoms with Crippen molar-refractivity contribution >= 4 is 10.9 Å². The van der Waals surface area contributed by atoms with E-state index in [2.05, 4.69) is 47.6 Å². The van der Waals surface area contributed by atoms with Crippen molar-refractivity contribution < 1.29 is 0 Å². The molecule has 0 spiro atoms. The zero-order chi connectivity index (χ0) is 12.2. The number of pyridine rings is 1. The fourth-order valence-electron chi connectivity index (χ4n) is 2.76. The second-order valence-electron chi connectivity index (χ2n) is 5.15. The van der Waals surface area contributed by atoms with Crippen LogP contribution in [0, 0.1) is 0 Å². The molecule has 92 valence electrons. The smallest absolute Gasteiger partial charge is 0.0702 e. The summed E-state index contributed by atoms with van der Waals surface area (Å²) < 4.78 is 0. The number of aromatic nitrogens is 1. The maximum Gasteiger partial charge on any atom is 0.0702 e. The summed E-state index contributed by atoms with van der Waals surface area (Å²) in [5.74, 6) is 0.652. The maximum absolute atomic E-state index is 4.59. The van der Waals surface area contributed by atoms with Crippen molar-refractivity contribution in [3.63, 3.8) is 0 Å². The Bertz CT molecular complexity index is 556. The van der Waals surface area contributed by atoms with Crippen LogP contribution >= 0.6 is 0 Å². The number of para-hydroxylation sites is 1. The van der Waals surface area contributed by atoms with Gasteiger partial charge in [0.15, 0.2) is 0 Å². The van der Waals surface area contributed by atoms with E-state index in [9.17, 15) is 0 Å². The second kappa shape index (κ2) is 5.34. The number of nitrogens with zero attached hydrogens (tertiary/aromatic N) is 1. The first-order valence-electron chi connectivity index (χ1n) is 6.93. The molecule has 1 atom stereocenters. The van der Waals surface area contributed by atoms with Crippen molar-refractivity contribution in [1.82, 2.24) is 4.98 Å². The molecule has 1 heteroatoms. The largest absolute Gasteiger partial charge is 0.256 e. The molecule has 1 aromatic carbocycles. The maximum atomic E-state index is 4.59. The highest BCUT2D eigenvalue weighted by molar-refractivity contribution is 5.78. The highest BCUT2D eigenvalue weighted by atomic mass is 14.6. The normalized spacial score (nSPS) is 22.3. The van der Waals surface area contributed by atoms with E-state index in [1.165, 1.54) is 43.1 Å². The molecular formula is C17H19N. The molecule has 0 amide bonds. The van der Waals surface area contributed by atoms with Crippen LogP contribution in [-0.4, -0.2) is 4.98 Å². The Morgan fingerprint density at radius 1 is 1.06 bits per heavy atom. The minimum Gasteiger partial charge on any atom is -0.256 e. The standard InChI is InChI=1S/C17H19N/c1-2-4-8-14(9-5-3-1)16-12-15-10-6-7-11-17(15)18-13-16/h2,4,6-7,10-14H,1,3,5,8-9H2/b4-2-. The SMILES string of the molecule is C1=C\CC(c2cnc3ccccc3c2)CCCC/1. The monoisotopic (exact) mass is 237 g/mol. The fourth-order valence-corrected chi connectivity index (χ4v) is 2.76. The van der Waals surface area contributed by atoms with E-state index in [4.69, 9.17) is 0 Å². The van der Waals surface area contributed by atoms with Crippen molar-refractivity contribution in [2.75, 3.05) is 0 Å². The topological polar surface area (TPSA) is 12.9 Å². The lowest BCUT2D eigenvalue weighted by Gasteiger charge is -2.17. The summed E-state index contributed by atoms with van der Waals surface area (Å²) in [6, 6.07) is 10.7. The van der Waals surface area contributed by atoms with Crippen LogP contribution < -0.4 is 0 Å². The van der Waals surface area contributed by atoms with Crippen molar-refractivity contribution in [3.05, 3.63) is 54.2 Å². The highest BCUT2D eigenvalue weighted by Crippen LogP contribution is 2.29. The molecule has 1 aliphatic rings. The Labute approximate surface area is 109 Å². The molecule has 1 aliphatic carbocycles. The summed E-state index contributed by atoms with van der Waals surface area (Å²) in [4.78, 5) is 4.59. The molecule has 0 saturated carbocycles. The van der Waals surface area contributed by atoms with Gasteiger partial charge in [-0.05, 0) is 49.3 Å². The van der Waals surface area contributed by atoms with Gasteiger partial charge in [0.1, 0.15) is 0 Å². The number of rotatable bonds is 1. The molecule has 1 unspecified atom stereocenters. The van der Waals surface area contributed by atoms with Gasteiger partial charge >= 0.3 is 0 Å². The third-order valence-electron chi connectivity index (χ3n) is 3.84. The van der Waals surface area contributed by atoms with Crippen LogP contribution in [0.1, 0.15) is 43.6 Å². The summed E-state index contributed by atoms with van der Waals surface area (Å²) in [7, 11) is 0. The average molecular weight is 237 g/mol. The van der Waals surface area contributed by atoms with Crippen LogP contribution in [-0.2, 0) is 0 Å². The first kappa shape index (κ1) is 11.5. The first-order chi connectivity index (χ1) is 8.93. The molecule has 0 bridgehead atoms. The van der Waals surface area contributed by atoms with E-state index < -0.39 is 0 Å².